The van der Waals surface area contributed by atoms with Crippen molar-refractivity contribution >= 4 is 24.4 Å². The second kappa shape index (κ2) is 7.20. The Bertz CT molecular complexity index is 979. The van der Waals surface area contributed by atoms with Crippen LogP contribution >= 0.6 is 0 Å². The van der Waals surface area contributed by atoms with E-state index in [1.165, 1.54) is 0 Å². The summed E-state index contributed by atoms with van der Waals surface area (Å²) in [4.78, 5) is 18.4. The van der Waals surface area contributed by atoms with Crippen molar-refractivity contribution in [2.45, 2.75) is 13.5 Å². The summed E-state index contributed by atoms with van der Waals surface area (Å²) in [7, 11) is 0. The maximum atomic E-state index is 12.6. The smallest absolute Gasteiger partial charge is 0.254 e. The first-order valence-corrected chi connectivity index (χ1v) is 8.32. The van der Waals surface area contributed by atoms with E-state index in [0.29, 0.717) is 17.7 Å². The van der Waals surface area contributed by atoms with Gasteiger partial charge in [-0.15, -0.1) is 0 Å². The maximum Gasteiger partial charge on any atom is 0.254 e. The lowest BCUT2D eigenvalue weighted by Crippen LogP contribution is -2.25. The van der Waals surface area contributed by atoms with Gasteiger partial charge in [0.1, 0.15) is 0 Å². The lowest BCUT2D eigenvalue weighted by Gasteiger charge is -2.14. The Morgan fingerprint density at radius 3 is 2.81 bits per heavy atom. The van der Waals surface area contributed by atoms with E-state index < -0.39 is 0 Å². The molecular formula is C22H19N3O. The number of nitrogens with zero attached hydrogens (tertiary/aromatic N) is 3. The molecule has 0 bridgehead atoms. The number of rotatable bonds is 5. The number of nitriles is 1. The van der Waals surface area contributed by atoms with Gasteiger partial charge in [-0.1, -0.05) is 36.9 Å². The van der Waals surface area contributed by atoms with Gasteiger partial charge in [-0.05, 0) is 48.5 Å². The van der Waals surface area contributed by atoms with Gasteiger partial charge in [-0.2, -0.15) is 5.26 Å². The van der Waals surface area contributed by atoms with Crippen molar-refractivity contribution in [3.8, 4) is 17.2 Å². The van der Waals surface area contributed by atoms with Crippen LogP contribution in [0.5, 0.6) is 0 Å². The number of allylic oxidation sites excluding steroid dienone is 1. The van der Waals surface area contributed by atoms with Gasteiger partial charge in [-0.25, -0.2) is 0 Å². The molecule has 2 aromatic rings. The number of fused-ring (bicyclic) bond motifs is 1. The number of aliphatic imine (C=N–C) groups is 1. The van der Waals surface area contributed by atoms with E-state index in [1.54, 1.807) is 4.90 Å². The molecule has 0 aromatic heterocycles. The van der Waals surface area contributed by atoms with Crippen LogP contribution in [0.1, 0.15) is 28.4 Å². The SMILES string of the molecule is C=Nc1ccc(-c2cccc3c2CN(CC(=C)C#N)C3=O)cc1/C=C\C. The Hall–Kier alpha value is -3.45. The summed E-state index contributed by atoms with van der Waals surface area (Å²) in [5.41, 5.74) is 5.89. The highest BCUT2D eigenvalue weighted by Gasteiger charge is 2.29. The fourth-order valence-corrected chi connectivity index (χ4v) is 3.23. The molecule has 0 saturated carbocycles. The first-order valence-electron chi connectivity index (χ1n) is 8.32. The highest BCUT2D eigenvalue weighted by atomic mass is 16.2. The minimum absolute atomic E-state index is 0.0590. The zero-order chi connectivity index (χ0) is 18.7. The summed E-state index contributed by atoms with van der Waals surface area (Å²) < 4.78 is 0. The second-order valence-electron chi connectivity index (χ2n) is 6.14. The Morgan fingerprint density at radius 1 is 1.35 bits per heavy atom. The molecule has 2 aromatic carbocycles. The number of hydrogen-bond donors (Lipinski definition) is 0. The topological polar surface area (TPSA) is 56.5 Å². The number of benzene rings is 2. The van der Waals surface area contributed by atoms with Crippen molar-refractivity contribution in [3.63, 3.8) is 0 Å². The molecule has 1 heterocycles. The van der Waals surface area contributed by atoms with Gasteiger partial charge in [0.05, 0.1) is 18.3 Å². The number of carbonyl (C=O) groups is 1. The van der Waals surface area contributed by atoms with E-state index in [1.807, 2.05) is 55.5 Å². The molecule has 0 saturated heterocycles. The Morgan fingerprint density at radius 2 is 2.12 bits per heavy atom. The summed E-state index contributed by atoms with van der Waals surface area (Å²) in [6.07, 6.45) is 3.95. The molecule has 0 spiro atoms. The molecule has 4 nitrogen and oxygen atoms in total. The number of amides is 1. The van der Waals surface area contributed by atoms with E-state index >= 15 is 0 Å². The zero-order valence-corrected chi connectivity index (χ0v) is 14.7. The van der Waals surface area contributed by atoms with Gasteiger partial charge in [-0.3, -0.25) is 9.79 Å². The lowest BCUT2D eigenvalue weighted by molar-refractivity contribution is 0.0794. The van der Waals surface area contributed by atoms with Crippen molar-refractivity contribution in [1.29, 1.82) is 5.26 Å². The van der Waals surface area contributed by atoms with Crippen LogP contribution in [0.15, 0.2) is 59.6 Å². The molecule has 1 aliphatic heterocycles. The molecule has 0 aliphatic carbocycles. The van der Waals surface area contributed by atoms with Gasteiger partial charge in [0.15, 0.2) is 0 Å². The highest BCUT2D eigenvalue weighted by Crippen LogP contribution is 2.35. The van der Waals surface area contributed by atoms with Crippen LogP contribution in [0.3, 0.4) is 0 Å². The molecule has 1 aliphatic rings. The zero-order valence-electron chi connectivity index (χ0n) is 14.7. The predicted molar refractivity (Wildman–Crippen MR) is 105 cm³/mol. The van der Waals surface area contributed by atoms with Gasteiger partial charge in [0.2, 0.25) is 0 Å². The molecule has 0 fully saturated rings. The fourth-order valence-electron chi connectivity index (χ4n) is 3.23. The average Bonchev–Trinajstić information content (AvgIpc) is 2.97. The van der Waals surface area contributed by atoms with Crippen LogP contribution < -0.4 is 0 Å². The molecule has 128 valence electrons. The fraction of sp³-hybridized carbons (Fsp3) is 0.136. The van der Waals surface area contributed by atoms with Crippen LogP contribution in [0.25, 0.3) is 17.2 Å². The molecule has 3 rings (SSSR count). The van der Waals surface area contributed by atoms with Crippen molar-refractivity contribution < 1.29 is 4.79 Å². The molecule has 0 N–H and O–H groups in total. The first-order chi connectivity index (χ1) is 12.6. The van der Waals surface area contributed by atoms with Gasteiger partial charge in [0.25, 0.3) is 5.91 Å². The highest BCUT2D eigenvalue weighted by molar-refractivity contribution is 6.00. The molecule has 26 heavy (non-hydrogen) atoms. The summed E-state index contributed by atoms with van der Waals surface area (Å²) in [5, 5.41) is 8.95. The molecule has 4 heteroatoms. The Labute approximate surface area is 153 Å². The van der Waals surface area contributed by atoms with Crippen LogP contribution in [-0.4, -0.2) is 24.1 Å². The molecule has 0 radical (unpaired) electrons. The molecular weight excluding hydrogens is 322 g/mol. The number of carbonyl (C=O) groups excluding carboxylic acids is 1. The molecule has 0 atom stereocenters. The minimum Gasteiger partial charge on any atom is -0.329 e. The van der Waals surface area contributed by atoms with E-state index in [2.05, 4.69) is 24.4 Å². The summed E-state index contributed by atoms with van der Waals surface area (Å²) in [5.74, 6) is -0.0590. The standard InChI is InChI=1S/C22H19N3O/c1-4-6-17-11-16(9-10-21(17)24-3)18-7-5-8-19-20(18)14-25(22(19)26)13-15(2)12-23/h4-11H,2-3,13-14H2,1H3/b6-4-. The normalized spacial score (nSPS) is 12.9. The van der Waals surface area contributed by atoms with Gasteiger partial charge < -0.3 is 4.90 Å². The first kappa shape index (κ1) is 17.4. The summed E-state index contributed by atoms with van der Waals surface area (Å²) in [6.45, 7) is 10.00. The van der Waals surface area contributed by atoms with Crippen molar-refractivity contribution in [2.24, 2.45) is 4.99 Å². The van der Waals surface area contributed by atoms with Crippen molar-refractivity contribution in [2.75, 3.05) is 6.54 Å². The summed E-state index contributed by atoms with van der Waals surface area (Å²) >= 11 is 0. The summed E-state index contributed by atoms with van der Waals surface area (Å²) in [6, 6.07) is 13.7. The molecule has 0 unspecified atom stereocenters. The van der Waals surface area contributed by atoms with Crippen LogP contribution in [0, 0.1) is 11.3 Å². The molecule has 1 amide bonds. The van der Waals surface area contributed by atoms with Crippen molar-refractivity contribution in [1.82, 2.24) is 4.90 Å². The lowest BCUT2D eigenvalue weighted by atomic mass is 9.95. The van der Waals surface area contributed by atoms with Crippen molar-refractivity contribution in [3.05, 3.63) is 71.3 Å². The van der Waals surface area contributed by atoms with Crippen LogP contribution in [0.4, 0.5) is 5.69 Å². The second-order valence-corrected chi connectivity index (χ2v) is 6.14. The Kier molecular flexibility index (Phi) is 4.81. The van der Waals surface area contributed by atoms with E-state index in [9.17, 15) is 4.79 Å². The third kappa shape index (κ3) is 3.07. The van der Waals surface area contributed by atoms with E-state index in [0.717, 1.165) is 27.9 Å². The van der Waals surface area contributed by atoms with Gasteiger partial charge >= 0.3 is 0 Å². The Balaban J connectivity index is 2.05. The quantitative estimate of drug-likeness (QED) is 0.582. The monoisotopic (exact) mass is 341 g/mol. The third-order valence-corrected chi connectivity index (χ3v) is 4.44. The third-order valence-electron chi connectivity index (χ3n) is 4.44. The predicted octanol–water partition coefficient (Wildman–Crippen LogP) is 4.75. The maximum absolute atomic E-state index is 12.6. The van der Waals surface area contributed by atoms with Crippen LogP contribution in [0.2, 0.25) is 0 Å². The largest absolute Gasteiger partial charge is 0.329 e. The average molecular weight is 341 g/mol. The van der Waals surface area contributed by atoms with Gasteiger partial charge in [0, 0.05) is 23.2 Å². The minimum atomic E-state index is -0.0590. The van der Waals surface area contributed by atoms with E-state index in [-0.39, 0.29) is 12.5 Å². The van der Waals surface area contributed by atoms with E-state index in [4.69, 9.17) is 5.26 Å². The number of hydrogen-bond acceptors (Lipinski definition) is 3. The van der Waals surface area contributed by atoms with Crippen LogP contribution in [-0.2, 0) is 6.54 Å².